The number of methoxy groups -OCH3 is 1. The van der Waals surface area contributed by atoms with Crippen molar-refractivity contribution in [3.05, 3.63) is 41.4 Å². The van der Waals surface area contributed by atoms with Gasteiger partial charge in [0, 0.05) is 30.4 Å². The summed E-state index contributed by atoms with van der Waals surface area (Å²) < 4.78 is 5.28. The molecule has 24 heavy (non-hydrogen) atoms. The molecule has 0 spiro atoms. The van der Waals surface area contributed by atoms with Crippen LogP contribution in [-0.2, 0) is 0 Å². The number of anilines is 1. The van der Waals surface area contributed by atoms with Gasteiger partial charge in [0.25, 0.3) is 0 Å². The van der Waals surface area contributed by atoms with Crippen molar-refractivity contribution in [3.8, 4) is 17.1 Å². The molecule has 1 fully saturated rings. The van der Waals surface area contributed by atoms with Gasteiger partial charge in [-0.1, -0.05) is 11.6 Å². The van der Waals surface area contributed by atoms with Gasteiger partial charge in [0.15, 0.2) is 0 Å². The molecular weight excluding hydrogens is 322 g/mol. The highest BCUT2D eigenvalue weighted by Crippen LogP contribution is 2.33. The third-order valence-electron chi connectivity index (χ3n) is 4.62. The lowest BCUT2D eigenvalue weighted by Gasteiger charge is -2.29. The summed E-state index contributed by atoms with van der Waals surface area (Å²) in [5, 5.41) is 0.710. The summed E-state index contributed by atoms with van der Waals surface area (Å²) in [6.07, 6.45) is 3.83. The molecule has 1 aliphatic rings. The van der Waals surface area contributed by atoms with E-state index in [0.29, 0.717) is 5.02 Å². The molecule has 4 nitrogen and oxygen atoms in total. The molecule has 1 aromatic heterocycles. The minimum absolute atomic E-state index is 0.710. The van der Waals surface area contributed by atoms with Crippen LogP contribution in [0.1, 0.15) is 19.3 Å². The molecule has 3 aromatic rings. The molecule has 0 radical (unpaired) electrons. The number of H-pyrrole nitrogens is 1. The van der Waals surface area contributed by atoms with Crippen LogP contribution in [0.5, 0.6) is 5.75 Å². The molecule has 0 unspecified atom stereocenters. The van der Waals surface area contributed by atoms with E-state index in [1.165, 1.54) is 24.9 Å². The quantitative estimate of drug-likeness (QED) is 0.738. The second kappa shape index (κ2) is 6.36. The highest BCUT2D eigenvalue weighted by molar-refractivity contribution is 6.33. The van der Waals surface area contributed by atoms with Gasteiger partial charge < -0.3 is 14.6 Å². The van der Waals surface area contributed by atoms with Gasteiger partial charge in [0.1, 0.15) is 11.6 Å². The van der Waals surface area contributed by atoms with Gasteiger partial charge in [0.05, 0.1) is 23.2 Å². The number of imidazole rings is 1. The van der Waals surface area contributed by atoms with E-state index < -0.39 is 0 Å². The lowest BCUT2D eigenvalue weighted by molar-refractivity contribution is 0.415. The number of nitrogens with zero attached hydrogens (tertiary/aromatic N) is 2. The van der Waals surface area contributed by atoms with Crippen LogP contribution >= 0.6 is 11.6 Å². The fraction of sp³-hybridized carbons (Fsp3) is 0.316. The van der Waals surface area contributed by atoms with Gasteiger partial charge in [-0.15, -0.1) is 0 Å². The van der Waals surface area contributed by atoms with Crippen LogP contribution < -0.4 is 9.64 Å². The van der Waals surface area contributed by atoms with Gasteiger partial charge in [-0.25, -0.2) is 4.98 Å². The Bertz CT molecular complexity index is 868. The van der Waals surface area contributed by atoms with Crippen molar-refractivity contribution in [3.63, 3.8) is 0 Å². The number of hydrogen-bond donors (Lipinski definition) is 1. The molecule has 1 aliphatic heterocycles. The molecule has 4 rings (SSSR count). The first-order valence-corrected chi connectivity index (χ1v) is 8.71. The molecule has 1 saturated heterocycles. The minimum atomic E-state index is 0.710. The van der Waals surface area contributed by atoms with Gasteiger partial charge >= 0.3 is 0 Å². The van der Waals surface area contributed by atoms with E-state index in [-0.39, 0.29) is 0 Å². The fourth-order valence-corrected chi connectivity index (χ4v) is 3.49. The van der Waals surface area contributed by atoms with Crippen LogP contribution in [0.25, 0.3) is 22.4 Å². The zero-order chi connectivity index (χ0) is 16.5. The SMILES string of the molecule is COc1ccc2nc(-c3cc(N4CCCCC4)ccc3Cl)[nH]c2c1. The monoisotopic (exact) mass is 341 g/mol. The number of rotatable bonds is 3. The zero-order valence-electron chi connectivity index (χ0n) is 13.7. The Hall–Kier alpha value is -2.20. The number of piperidine rings is 1. The van der Waals surface area contributed by atoms with Crippen LogP contribution in [0.4, 0.5) is 5.69 Å². The Kier molecular flexibility index (Phi) is 4.07. The van der Waals surface area contributed by atoms with Crippen molar-refractivity contribution >= 4 is 28.3 Å². The maximum absolute atomic E-state index is 6.45. The van der Waals surface area contributed by atoms with Crippen LogP contribution in [0.15, 0.2) is 36.4 Å². The molecule has 0 atom stereocenters. The Morgan fingerprint density at radius 3 is 2.71 bits per heavy atom. The molecule has 0 aliphatic carbocycles. The number of benzene rings is 2. The number of ether oxygens (including phenoxy) is 1. The van der Waals surface area contributed by atoms with Crippen molar-refractivity contribution in [2.24, 2.45) is 0 Å². The van der Waals surface area contributed by atoms with Gasteiger partial charge in [0.2, 0.25) is 0 Å². The van der Waals surface area contributed by atoms with Crippen LogP contribution in [0, 0.1) is 0 Å². The summed E-state index contributed by atoms with van der Waals surface area (Å²) in [5.41, 5.74) is 4.01. The van der Waals surface area contributed by atoms with Crippen molar-refractivity contribution in [1.82, 2.24) is 9.97 Å². The van der Waals surface area contributed by atoms with Crippen LogP contribution in [-0.4, -0.2) is 30.2 Å². The van der Waals surface area contributed by atoms with Crippen molar-refractivity contribution in [2.45, 2.75) is 19.3 Å². The number of aromatic nitrogens is 2. The largest absolute Gasteiger partial charge is 0.497 e. The zero-order valence-corrected chi connectivity index (χ0v) is 14.4. The van der Waals surface area contributed by atoms with Crippen molar-refractivity contribution in [1.29, 1.82) is 0 Å². The lowest BCUT2D eigenvalue weighted by Crippen LogP contribution is -2.29. The number of halogens is 1. The standard InChI is InChI=1S/C19H20ClN3O/c1-24-14-6-8-17-18(12-14)22-19(21-17)15-11-13(5-7-16(15)20)23-9-3-2-4-10-23/h5-8,11-12H,2-4,9-10H2,1H3,(H,21,22). The van der Waals surface area contributed by atoms with Crippen molar-refractivity contribution in [2.75, 3.05) is 25.1 Å². The van der Waals surface area contributed by atoms with E-state index in [9.17, 15) is 0 Å². The molecule has 0 amide bonds. The molecular formula is C19H20ClN3O. The molecule has 1 N–H and O–H groups in total. The van der Waals surface area contributed by atoms with E-state index in [0.717, 1.165) is 41.3 Å². The first kappa shape index (κ1) is 15.3. The highest BCUT2D eigenvalue weighted by Gasteiger charge is 2.15. The van der Waals surface area contributed by atoms with E-state index in [1.807, 2.05) is 24.3 Å². The van der Waals surface area contributed by atoms with Gasteiger partial charge in [-0.2, -0.15) is 0 Å². The number of fused-ring (bicyclic) bond motifs is 1. The Balaban J connectivity index is 1.74. The molecule has 0 bridgehead atoms. The Labute approximate surface area is 146 Å². The normalized spacial score (nSPS) is 15.0. The fourth-order valence-electron chi connectivity index (χ4n) is 3.29. The topological polar surface area (TPSA) is 41.1 Å². The molecule has 2 aromatic carbocycles. The summed E-state index contributed by atoms with van der Waals surface area (Å²) in [7, 11) is 1.66. The Morgan fingerprint density at radius 2 is 1.92 bits per heavy atom. The van der Waals surface area contributed by atoms with Gasteiger partial charge in [-0.05, 0) is 49.6 Å². The summed E-state index contributed by atoms with van der Waals surface area (Å²) >= 11 is 6.45. The Morgan fingerprint density at radius 1 is 1.08 bits per heavy atom. The first-order chi connectivity index (χ1) is 11.7. The average molecular weight is 342 g/mol. The third-order valence-corrected chi connectivity index (χ3v) is 4.94. The minimum Gasteiger partial charge on any atom is -0.497 e. The summed E-state index contributed by atoms with van der Waals surface area (Å²) in [4.78, 5) is 10.5. The molecule has 2 heterocycles. The van der Waals surface area contributed by atoms with E-state index >= 15 is 0 Å². The molecule has 0 saturated carbocycles. The maximum Gasteiger partial charge on any atom is 0.140 e. The number of nitrogens with one attached hydrogen (secondary N) is 1. The predicted octanol–water partition coefficient (Wildman–Crippen LogP) is 4.88. The second-order valence-electron chi connectivity index (χ2n) is 6.18. The predicted molar refractivity (Wildman–Crippen MR) is 99.2 cm³/mol. The van der Waals surface area contributed by atoms with Crippen LogP contribution in [0.2, 0.25) is 5.02 Å². The summed E-state index contributed by atoms with van der Waals surface area (Å²) in [6, 6.07) is 12.0. The average Bonchev–Trinajstić information content (AvgIpc) is 3.05. The molecule has 124 valence electrons. The first-order valence-electron chi connectivity index (χ1n) is 8.33. The number of aromatic amines is 1. The summed E-state index contributed by atoms with van der Waals surface area (Å²) in [6.45, 7) is 2.22. The van der Waals surface area contributed by atoms with Gasteiger partial charge in [-0.3, -0.25) is 0 Å². The highest BCUT2D eigenvalue weighted by atomic mass is 35.5. The smallest absolute Gasteiger partial charge is 0.140 e. The third kappa shape index (κ3) is 2.82. The number of hydrogen-bond acceptors (Lipinski definition) is 3. The second-order valence-corrected chi connectivity index (χ2v) is 6.59. The molecule has 5 heteroatoms. The van der Waals surface area contributed by atoms with E-state index in [1.54, 1.807) is 7.11 Å². The summed E-state index contributed by atoms with van der Waals surface area (Å²) in [5.74, 6) is 1.60. The van der Waals surface area contributed by atoms with Crippen LogP contribution in [0.3, 0.4) is 0 Å². The van der Waals surface area contributed by atoms with Crippen molar-refractivity contribution < 1.29 is 4.74 Å². The maximum atomic E-state index is 6.45. The lowest BCUT2D eigenvalue weighted by atomic mass is 10.1. The van der Waals surface area contributed by atoms with E-state index in [2.05, 4.69) is 22.0 Å². The van der Waals surface area contributed by atoms with E-state index in [4.69, 9.17) is 21.3 Å².